The lowest BCUT2D eigenvalue weighted by Gasteiger charge is -2.43. The van der Waals surface area contributed by atoms with Crippen LogP contribution in [-0.4, -0.2) is 42.9 Å². The third-order valence-corrected chi connectivity index (χ3v) is 8.11. The first kappa shape index (κ1) is 32.6. The van der Waals surface area contributed by atoms with Crippen molar-refractivity contribution in [3.05, 3.63) is 136 Å². The maximum atomic E-state index is 13.7. The van der Waals surface area contributed by atoms with Crippen LogP contribution in [-0.2, 0) is 24.7 Å². The first-order valence-corrected chi connectivity index (χ1v) is 14.8. The van der Waals surface area contributed by atoms with Crippen LogP contribution in [0.3, 0.4) is 0 Å². The number of nitrogens with zero attached hydrogens (tertiary/aromatic N) is 1. The van der Waals surface area contributed by atoms with E-state index in [1.807, 2.05) is 84.9 Å². The number of aliphatic hydroxyl groups is 1. The van der Waals surface area contributed by atoms with Gasteiger partial charge in [0.1, 0.15) is 5.75 Å². The van der Waals surface area contributed by atoms with Gasteiger partial charge in [-0.05, 0) is 66.8 Å². The van der Waals surface area contributed by atoms with Crippen LogP contribution < -0.4 is 10.1 Å². The van der Waals surface area contributed by atoms with E-state index in [0.29, 0.717) is 31.7 Å². The summed E-state index contributed by atoms with van der Waals surface area (Å²) in [6, 6.07) is 32.0. The smallest absolute Gasteiger partial charge is 0.417 e. The molecular weight excluding hydrogens is 573 g/mol. The SMILES string of the molecule is CC(c1ccccc1)(c1ccccc1)N(CCCOc1cccc(CCNCCO)c1)Cc1cccc(C(F)(F)F)c1Cl. The summed E-state index contributed by atoms with van der Waals surface area (Å²) in [5.41, 5.74) is 2.09. The van der Waals surface area contributed by atoms with E-state index in [1.165, 1.54) is 6.07 Å². The van der Waals surface area contributed by atoms with Crippen LogP contribution in [0.5, 0.6) is 5.75 Å². The second-order valence-corrected chi connectivity index (χ2v) is 11.0. The van der Waals surface area contributed by atoms with Crippen molar-refractivity contribution >= 4 is 11.6 Å². The molecule has 4 aromatic rings. The van der Waals surface area contributed by atoms with Crippen LogP contribution in [0.25, 0.3) is 0 Å². The van der Waals surface area contributed by atoms with Gasteiger partial charge >= 0.3 is 6.18 Å². The first-order chi connectivity index (χ1) is 20.7. The monoisotopic (exact) mass is 610 g/mol. The van der Waals surface area contributed by atoms with Gasteiger partial charge in [0, 0.05) is 19.6 Å². The fourth-order valence-electron chi connectivity index (χ4n) is 5.32. The molecule has 43 heavy (non-hydrogen) atoms. The fraction of sp³-hybridized carbons (Fsp3) is 0.314. The Balaban J connectivity index is 1.59. The highest BCUT2D eigenvalue weighted by molar-refractivity contribution is 6.32. The molecule has 0 amide bonds. The van der Waals surface area contributed by atoms with Crippen molar-refractivity contribution < 1.29 is 23.0 Å². The number of ether oxygens (including phenoxy) is 1. The maximum Gasteiger partial charge on any atom is 0.417 e. The molecule has 8 heteroatoms. The van der Waals surface area contributed by atoms with Crippen LogP contribution in [0.15, 0.2) is 103 Å². The summed E-state index contributed by atoms with van der Waals surface area (Å²) in [5.74, 6) is 0.765. The van der Waals surface area contributed by atoms with Crippen LogP contribution in [0.4, 0.5) is 13.2 Å². The number of halogens is 4. The Morgan fingerprint density at radius 3 is 2.12 bits per heavy atom. The van der Waals surface area contributed by atoms with Crippen molar-refractivity contribution in [1.82, 2.24) is 10.2 Å². The number of alkyl halides is 3. The number of aliphatic hydroxyl groups excluding tert-OH is 1. The zero-order valence-electron chi connectivity index (χ0n) is 24.3. The van der Waals surface area contributed by atoms with E-state index in [0.717, 1.165) is 41.5 Å². The number of rotatable bonds is 15. The van der Waals surface area contributed by atoms with Gasteiger partial charge in [0.2, 0.25) is 0 Å². The Labute approximate surface area is 257 Å². The van der Waals surface area contributed by atoms with Crippen molar-refractivity contribution in [3.8, 4) is 5.75 Å². The lowest BCUT2D eigenvalue weighted by atomic mass is 9.82. The summed E-state index contributed by atoms with van der Waals surface area (Å²) in [7, 11) is 0. The van der Waals surface area contributed by atoms with Crippen molar-refractivity contribution in [2.45, 2.75) is 38.0 Å². The topological polar surface area (TPSA) is 44.7 Å². The van der Waals surface area contributed by atoms with Gasteiger partial charge in [-0.1, -0.05) is 96.5 Å². The van der Waals surface area contributed by atoms with Crippen molar-refractivity contribution in [2.24, 2.45) is 0 Å². The molecule has 0 saturated carbocycles. The van der Waals surface area contributed by atoms with Crippen LogP contribution in [0.1, 0.15) is 41.2 Å². The minimum atomic E-state index is -4.54. The molecule has 4 nitrogen and oxygen atoms in total. The van der Waals surface area contributed by atoms with Gasteiger partial charge in [-0.15, -0.1) is 0 Å². The molecule has 4 aromatic carbocycles. The molecule has 4 rings (SSSR count). The molecular formula is C35H38ClF3N2O2. The second kappa shape index (κ2) is 15.4. The van der Waals surface area contributed by atoms with Crippen LogP contribution in [0, 0.1) is 0 Å². The van der Waals surface area contributed by atoms with Gasteiger partial charge in [0.05, 0.1) is 29.3 Å². The molecule has 0 aliphatic rings. The summed E-state index contributed by atoms with van der Waals surface area (Å²) in [5, 5.41) is 11.9. The highest BCUT2D eigenvalue weighted by Crippen LogP contribution is 2.40. The molecule has 0 radical (unpaired) electrons. The third-order valence-electron chi connectivity index (χ3n) is 7.67. The van der Waals surface area contributed by atoms with E-state index >= 15 is 0 Å². The molecule has 0 aliphatic carbocycles. The van der Waals surface area contributed by atoms with Gasteiger partial charge in [-0.3, -0.25) is 4.90 Å². The second-order valence-electron chi connectivity index (χ2n) is 10.6. The third kappa shape index (κ3) is 8.61. The molecule has 0 bridgehead atoms. The van der Waals surface area contributed by atoms with Crippen molar-refractivity contribution in [2.75, 3.05) is 32.8 Å². The average Bonchev–Trinajstić information content (AvgIpc) is 3.02. The van der Waals surface area contributed by atoms with Gasteiger partial charge in [0.15, 0.2) is 0 Å². The molecule has 0 aromatic heterocycles. The molecule has 0 unspecified atom stereocenters. The number of benzene rings is 4. The van der Waals surface area contributed by atoms with E-state index in [9.17, 15) is 13.2 Å². The molecule has 0 aliphatic heterocycles. The molecule has 0 heterocycles. The lowest BCUT2D eigenvalue weighted by molar-refractivity contribution is -0.137. The molecule has 2 N–H and O–H groups in total. The van der Waals surface area contributed by atoms with E-state index in [2.05, 4.69) is 17.1 Å². The maximum absolute atomic E-state index is 13.7. The summed E-state index contributed by atoms with van der Waals surface area (Å²) < 4.78 is 47.4. The number of hydrogen-bond acceptors (Lipinski definition) is 4. The van der Waals surface area contributed by atoms with E-state index in [-0.39, 0.29) is 18.2 Å². The Kier molecular flexibility index (Phi) is 11.7. The average molecular weight is 611 g/mol. The minimum Gasteiger partial charge on any atom is -0.494 e. The zero-order valence-corrected chi connectivity index (χ0v) is 25.0. The van der Waals surface area contributed by atoms with Crippen molar-refractivity contribution in [3.63, 3.8) is 0 Å². The van der Waals surface area contributed by atoms with Gasteiger partial charge in [-0.25, -0.2) is 0 Å². The first-order valence-electron chi connectivity index (χ1n) is 14.5. The molecule has 0 saturated heterocycles. The quantitative estimate of drug-likeness (QED) is 0.135. The summed E-state index contributed by atoms with van der Waals surface area (Å²) in [6.07, 6.45) is -3.10. The highest BCUT2D eigenvalue weighted by Gasteiger charge is 2.37. The summed E-state index contributed by atoms with van der Waals surface area (Å²) in [6.45, 7) is 4.70. The molecule has 0 fully saturated rings. The Bertz CT molecular complexity index is 1380. The summed E-state index contributed by atoms with van der Waals surface area (Å²) in [4.78, 5) is 2.19. The van der Waals surface area contributed by atoms with E-state index in [4.69, 9.17) is 21.4 Å². The highest BCUT2D eigenvalue weighted by atomic mass is 35.5. The largest absolute Gasteiger partial charge is 0.494 e. The van der Waals surface area contributed by atoms with Crippen LogP contribution in [0.2, 0.25) is 5.02 Å². The summed E-state index contributed by atoms with van der Waals surface area (Å²) >= 11 is 6.40. The predicted molar refractivity (Wildman–Crippen MR) is 166 cm³/mol. The number of hydrogen-bond donors (Lipinski definition) is 2. The van der Waals surface area contributed by atoms with Gasteiger partial charge in [0.25, 0.3) is 0 Å². The Morgan fingerprint density at radius 2 is 1.49 bits per heavy atom. The molecule has 228 valence electrons. The minimum absolute atomic E-state index is 0.105. The number of nitrogens with one attached hydrogen (secondary N) is 1. The lowest BCUT2D eigenvalue weighted by Crippen LogP contribution is -2.45. The Hall–Kier alpha value is -3.36. The van der Waals surface area contributed by atoms with Gasteiger partial charge in [-0.2, -0.15) is 13.2 Å². The van der Waals surface area contributed by atoms with Gasteiger partial charge < -0.3 is 15.2 Å². The fourth-order valence-corrected chi connectivity index (χ4v) is 5.61. The predicted octanol–water partition coefficient (Wildman–Crippen LogP) is 7.72. The molecule has 0 atom stereocenters. The van der Waals surface area contributed by atoms with Crippen molar-refractivity contribution in [1.29, 1.82) is 0 Å². The van der Waals surface area contributed by atoms with E-state index in [1.54, 1.807) is 6.07 Å². The standard InChI is InChI=1S/C35H38ClF3N2O2/c1-34(29-13-4-2-5-14-29,30-15-6-3-7-16-30)41(26-28-12-9-18-32(33(28)36)35(37,38)39)22-10-24-43-31-17-8-11-27(25-31)19-20-40-21-23-42/h2-9,11-18,25,40,42H,10,19-24,26H2,1H3. The van der Waals surface area contributed by atoms with Crippen LogP contribution >= 0.6 is 11.6 Å². The normalized spacial score (nSPS) is 12.1. The molecule has 0 spiro atoms. The Morgan fingerprint density at radius 1 is 0.837 bits per heavy atom. The zero-order chi connectivity index (χ0) is 30.7. The van der Waals surface area contributed by atoms with E-state index < -0.39 is 17.3 Å².